The Morgan fingerprint density at radius 3 is 1.88 bits per heavy atom. The summed E-state index contributed by atoms with van der Waals surface area (Å²) in [6.45, 7) is 8.85. The van der Waals surface area contributed by atoms with Crippen LogP contribution >= 0.6 is 0 Å². The van der Waals surface area contributed by atoms with Gasteiger partial charge in [0, 0.05) is 5.92 Å². The number of alkyl halides is 2. The minimum absolute atomic E-state index is 0.351. The molecule has 0 aromatic carbocycles. The molecule has 3 atom stereocenters. The lowest BCUT2D eigenvalue weighted by Gasteiger charge is -2.32. The number of rotatable bonds is 3. The predicted octanol–water partition coefficient (Wildman–Crippen LogP) is 4.99. The van der Waals surface area contributed by atoms with E-state index < -0.39 is 6.43 Å². The molecule has 0 heterocycles. The molecule has 1 aliphatic carbocycles. The molecule has 1 fully saturated rings. The highest BCUT2D eigenvalue weighted by atomic mass is 19.3. The van der Waals surface area contributed by atoms with Gasteiger partial charge in [0.05, 0.1) is 0 Å². The van der Waals surface area contributed by atoms with Gasteiger partial charge in [-0.1, -0.05) is 34.1 Å². The molecule has 0 aromatic rings. The molecule has 0 N–H and O–H groups in total. The molecule has 16 heavy (non-hydrogen) atoms. The van der Waals surface area contributed by atoms with Crippen LogP contribution in [0.1, 0.15) is 53.4 Å². The molecule has 2 heteroatoms. The van der Waals surface area contributed by atoms with Crippen LogP contribution in [0.4, 0.5) is 8.78 Å². The van der Waals surface area contributed by atoms with E-state index in [1.807, 2.05) is 0 Å². The van der Waals surface area contributed by atoms with Gasteiger partial charge in [-0.15, -0.1) is 0 Å². The van der Waals surface area contributed by atoms with Crippen molar-refractivity contribution in [1.82, 2.24) is 0 Å². The summed E-state index contributed by atoms with van der Waals surface area (Å²) in [5.74, 6) is 1.94. The molecule has 0 nitrogen and oxygen atoms in total. The third-order valence-corrected chi connectivity index (χ3v) is 4.31. The second-order valence-electron chi connectivity index (χ2n) is 6.08. The lowest BCUT2D eigenvalue weighted by molar-refractivity contribution is 0.0501. The van der Waals surface area contributed by atoms with Crippen LogP contribution in [0.25, 0.3) is 0 Å². The zero-order chi connectivity index (χ0) is 12.3. The smallest absolute Gasteiger partial charge is 0.210 e. The van der Waals surface area contributed by atoms with E-state index in [0.717, 1.165) is 25.7 Å². The van der Waals surface area contributed by atoms with Crippen LogP contribution in [0.5, 0.6) is 0 Å². The van der Waals surface area contributed by atoms with E-state index in [1.54, 1.807) is 0 Å². The van der Waals surface area contributed by atoms with Gasteiger partial charge in [-0.2, -0.15) is 0 Å². The van der Waals surface area contributed by atoms with Crippen LogP contribution in [0, 0.1) is 29.6 Å². The zero-order valence-corrected chi connectivity index (χ0v) is 11.0. The zero-order valence-electron chi connectivity index (χ0n) is 11.0. The summed E-state index contributed by atoms with van der Waals surface area (Å²) in [6, 6.07) is 0. The molecule has 1 saturated carbocycles. The first kappa shape index (κ1) is 13.9. The van der Waals surface area contributed by atoms with E-state index in [9.17, 15) is 8.78 Å². The van der Waals surface area contributed by atoms with E-state index in [1.165, 1.54) is 0 Å². The Morgan fingerprint density at radius 2 is 1.44 bits per heavy atom. The average Bonchev–Trinajstić information content (AvgIpc) is 2.38. The lowest BCUT2D eigenvalue weighted by atomic mass is 9.73. The second-order valence-corrected chi connectivity index (χ2v) is 6.08. The van der Waals surface area contributed by atoms with Crippen LogP contribution in [-0.2, 0) is 0 Å². The largest absolute Gasteiger partial charge is 0.241 e. The Labute approximate surface area is 98.8 Å². The van der Waals surface area contributed by atoms with E-state index in [2.05, 4.69) is 27.7 Å². The first-order chi connectivity index (χ1) is 7.43. The molecule has 0 saturated heterocycles. The molecule has 0 radical (unpaired) electrons. The SMILES string of the molecule is CC(C)C1CCCC(C(F)F)CC1C(C)C. The van der Waals surface area contributed by atoms with Crippen LogP contribution in [0.3, 0.4) is 0 Å². The van der Waals surface area contributed by atoms with E-state index in [-0.39, 0.29) is 5.92 Å². The third-order valence-electron chi connectivity index (χ3n) is 4.31. The Balaban J connectivity index is 2.75. The summed E-state index contributed by atoms with van der Waals surface area (Å²) in [5, 5.41) is 0. The second kappa shape index (κ2) is 5.97. The van der Waals surface area contributed by atoms with Crippen molar-refractivity contribution in [2.24, 2.45) is 29.6 Å². The lowest BCUT2D eigenvalue weighted by Crippen LogP contribution is -2.26. The molecule has 96 valence electrons. The van der Waals surface area contributed by atoms with Gasteiger partial charge >= 0.3 is 0 Å². The topological polar surface area (TPSA) is 0 Å². The normalized spacial score (nSPS) is 32.4. The van der Waals surface area contributed by atoms with E-state index in [0.29, 0.717) is 23.7 Å². The molecular formula is C14H26F2. The third kappa shape index (κ3) is 3.43. The van der Waals surface area contributed by atoms with Gasteiger partial charge in [-0.3, -0.25) is 0 Å². The minimum atomic E-state index is -2.12. The maximum atomic E-state index is 12.9. The summed E-state index contributed by atoms with van der Waals surface area (Å²) in [6.07, 6.45) is 1.47. The molecule has 0 aromatic heterocycles. The summed E-state index contributed by atoms with van der Waals surface area (Å²) >= 11 is 0. The Morgan fingerprint density at radius 1 is 0.875 bits per heavy atom. The Kier molecular flexibility index (Phi) is 5.20. The van der Waals surface area contributed by atoms with Crippen molar-refractivity contribution < 1.29 is 8.78 Å². The first-order valence-corrected chi connectivity index (χ1v) is 6.71. The van der Waals surface area contributed by atoms with Gasteiger partial charge in [-0.05, 0) is 42.9 Å². The fourth-order valence-corrected chi connectivity index (χ4v) is 3.30. The number of hydrogen-bond acceptors (Lipinski definition) is 0. The van der Waals surface area contributed by atoms with E-state index >= 15 is 0 Å². The van der Waals surface area contributed by atoms with Gasteiger partial charge < -0.3 is 0 Å². The van der Waals surface area contributed by atoms with Crippen molar-refractivity contribution in [1.29, 1.82) is 0 Å². The summed E-state index contributed by atoms with van der Waals surface area (Å²) < 4.78 is 25.7. The highest BCUT2D eigenvalue weighted by Crippen LogP contribution is 2.41. The highest BCUT2D eigenvalue weighted by Gasteiger charge is 2.34. The van der Waals surface area contributed by atoms with Gasteiger partial charge in [-0.25, -0.2) is 8.78 Å². The van der Waals surface area contributed by atoms with Crippen molar-refractivity contribution in [2.45, 2.75) is 59.8 Å². The van der Waals surface area contributed by atoms with Gasteiger partial charge in [0.2, 0.25) is 6.43 Å². The number of halogens is 2. The standard InChI is InChI=1S/C14H26F2/c1-9(2)12-7-5-6-11(14(15)16)8-13(12)10(3)4/h9-14H,5-8H2,1-4H3. The monoisotopic (exact) mass is 232 g/mol. The van der Waals surface area contributed by atoms with Crippen LogP contribution in [0.15, 0.2) is 0 Å². The molecule has 1 rings (SSSR count). The van der Waals surface area contributed by atoms with Gasteiger partial charge in [0.15, 0.2) is 0 Å². The van der Waals surface area contributed by atoms with E-state index in [4.69, 9.17) is 0 Å². The molecule has 0 spiro atoms. The minimum Gasteiger partial charge on any atom is -0.210 e. The summed E-state index contributed by atoms with van der Waals surface area (Å²) in [4.78, 5) is 0. The van der Waals surface area contributed by atoms with Crippen LogP contribution in [0.2, 0.25) is 0 Å². The van der Waals surface area contributed by atoms with Crippen LogP contribution < -0.4 is 0 Å². The van der Waals surface area contributed by atoms with Crippen molar-refractivity contribution >= 4 is 0 Å². The Hall–Kier alpha value is -0.140. The van der Waals surface area contributed by atoms with Crippen molar-refractivity contribution in [3.8, 4) is 0 Å². The average molecular weight is 232 g/mol. The predicted molar refractivity (Wildman–Crippen MR) is 64.6 cm³/mol. The maximum Gasteiger partial charge on any atom is 0.241 e. The van der Waals surface area contributed by atoms with Gasteiger partial charge in [0.25, 0.3) is 0 Å². The molecule has 0 bridgehead atoms. The van der Waals surface area contributed by atoms with Crippen LogP contribution in [-0.4, -0.2) is 6.43 Å². The molecule has 1 aliphatic rings. The first-order valence-electron chi connectivity index (χ1n) is 6.71. The quantitative estimate of drug-likeness (QED) is 0.602. The van der Waals surface area contributed by atoms with Crippen molar-refractivity contribution in [3.05, 3.63) is 0 Å². The summed E-state index contributed by atoms with van der Waals surface area (Å²) in [5.41, 5.74) is 0. The highest BCUT2D eigenvalue weighted by molar-refractivity contribution is 4.82. The molecular weight excluding hydrogens is 206 g/mol. The fourth-order valence-electron chi connectivity index (χ4n) is 3.30. The summed E-state index contributed by atoms with van der Waals surface area (Å²) in [7, 11) is 0. The van der Waals surface area contributed by atoms with Crippen molar-refractivity contribution in [3.63, 3.8) is 0 Å². The van der Waals surface area contributed by atoms with Gasteiger partial charge in [0.1, 0.15) is 0 Å². The molecule has 3 unspecified atom stereocenters. The maximum absolute atomic E-state index is 12.9. The van der Waals surface area contributed by atoms with Crippen molar-refractivity contribution in [2.75, 3.05) is 0 Å². The Bertz CT molecular complexity index is 199. The molecule has 0 amide bonds. The number of hydrogen-bond donors (Lipinski definition) is 0. The molecule has 0 aliphatic heterocycles. The fraction of sp³-hybridized carbons (Fsp3) is 1.00.